The number of unbranched alkanes of at least 4 members (excludes halogenated alkanes) is 9. The van der Waals surface area contributed by atoms with Gasteiger partial charge in [-0.05, 0) is 36.8 Å². The van der Waals surface area contributed by atoms with Crippen molar-refractivity contribution >= 4 is 68.0 Å². The number of benzene rings is 2. The number of halogens is 4. The first kappa shape index (κ1) is 30.0. The summed E-state index contributed by atoms with van der Waals surface area (Å²) in [5.74, 6) is -0.461. The van der Waals surface area contributed by atoms with E-state index in [2.05, 4.69) is 17.0 Å². The van der Waals surface area contributed by atoms with Gasteiger partial charge in [-0.2, -0.15) is 0 Å². The summed E-state index contributed by atoms with van der Waals surface area (Å²) in [4.78, 5) is 12.7. The van der Waals surface area contributed by atoms with Crippen LogP contribution in [-0.2, 0) is 10.0 Å². The molecule has 35 heavy (non-hydrogen) atoms. The number of anilines is 1. The maximum absolute atomic E-state index is 12.9. The second-order valence-electron chi connectivity index (χ2n) is 8.43. The molecule has 1 amide bonds. The summed E-state index contributed by atoms with van der Waals surface area (Å²) in [5, 5.41) is 3.37. The number of carbonyl (C=O) groups excluding carboxylic acids is 1. The SMILES string of the molecule is CCCCCCCCCCCCNC(=O)c1cc(Cl)cc(Cl)c1NS(=O)(=O)c1ccc(Cl)c(Cl)c1. The van der Waals surface area contributed by atoms with Crippen molar-refractivity contribution in [2.75, 3.05) is 11.3 Å². The van der Waals surface area contributed by atoms with Crippen molar-refractivity contribution < 1.29 is 13.2 Å². The van der Waals surface area contributed by atoms with Crippen molar-refractivity contribution in [2.45, 2.75) is 76.0 Å². The van der Waals surface area contributed by atoms with Gasteiger partial charge in [-0.1, -0.05) is 111 Å². The lowest BCUT2D eigenvalue weighted by atomic mass is 10.1. The van der Waals surface area contributed by atoms with Gasteiger partial charge < -0.3 is 5.32 Å². The molecule has 0 aromatic heterocycles. The topological polar surface area (TPSA) is 75.3 Å². The third kappa shape index (κ3) is 10.0. The molecular weight excluding hydrogens is 550 g/mol. The van der Waals surface area contributed by atoms with Crippen LogP contribution in [0.2, 0.25) is 20.1 Å². The highest BCUT2D eigenvalue weighted by Crippen LogP contribution is 2.33. The van der Waals surface area contributed by atoms with Crippen molar-refractivity contribution in [3.8, 4) is 0 Å². The van der Waals surface area contributed by atoms with Crippen molar-refractivity contribution in [3.63, 3.8) is 0 Å². The van der Waals surface area contributed by atoms with E-state index in [4.69, 9.17) is 46.4 Å². The van der Waals surface area contributed by atoms with Gasteiger partial charge in [0.05, 0.1) is 31.2 Å². The Morgan fingerprint density at radius 2 is 1.37 bits per heavy atom. The number of amides is 1. The van der Waals surface area contributed by atoms with Gasteiger partial charge in [0.2, 0.25) is 0 Å². The van der Waals surface area contributed by atoms with Crippen LogP contribution in [0.5, 0.6) is 0 Å². The third-order valence-electron chi connectivity index (χ3n) is 5.55. The first-order valence-corrected chi connectivity index (χ1v) is 14.9. The molecule has 0 saturated heterocycles. The zero-order valence-corrected chi connectivity index (χ0v) is 23.6. The Morgan fingerprint density at radius 3 is 1.97 bits per heavy atom. The second-order valence-corrected chi connectivity index (χ2v) is 11.8. The van der Waals surface area contributed by atoms with E-state index in [9.17, 15) is 13.2 Å². The van der Waals surface area contributed by atoms with Crippen molar-refractivity contribution in [3.05, 3.63) is 56.0 Å². The van der Waals surface area contributed by atoms with Gasteiger partial charge in [0, 0.05) is 11.6 Å². The van der Waals surface area contributed by atoms with Gasteiger partial charge in [0.1, 0.15) is 0 Å². The lowest BCUT2D eigenvalue weighted by molar-refractivity contribution is 0.0954. The van der Waals surface area contributed by atoms with E-state index in [0.717, 1.165) is 19.3 Å². The van der Waals surface area contributed by atoms with Gasteiger partial charge in [0.25, 0.3) is 15.9 Å². The molecule has 0 bridgehead atoms. The average molecular weight is 582 g/mol. The molecule has 0 aliphatic heterocycles. The smallest absolute Gasteiger partial charge is 0.262 e. The zero-order chi connectivity index (χ0) is 25.8. The number of rotatable bonds is 15. The minimum atomic E-state index is -4.09. The molecule has 2 N–H and O–H groups in total. The zero-order valence-electron chi connectivity index (χ0n) is 19.8. The number of sulfonamides is 1. The summed E-state index contributed by atoms with van der Waals surface area (Å²) >= 11 is 24.2. The summed E-state index contributed by atoms with van der Waals surface area (Å²) in [5.41, 5.74) is -0.0130. The highest BCUT2D eigenvalue weighted by atomic mass is 35.5. The molecule has 0 atom stereocenters. The normalized spacial score (nSPS) is 11.5. The third-order valence-corrected chi connectivity index (χ3v) is 8.16. The van der Waals surface area contributed by atoms with Crippen LogP contribution >= 0.6 is 46.4 Å². The minimum Gasteiger partial charge on any atom is -0.352 e. The molecule has 5 nitrogen and oxygen atoms in total. The fourth-order valence-corrected chi connectivity index (χ4v) is 5.69. The molecule has 2 rings (SSSR count). The molecular formula is C25H32Cl4N2O3S. The van der Waals surface area contributed by atoms with Gasteiger partial charge in [0.15, 0.2) is 0 Å². The average Bonchev–Trinajstić information content (AvgIpc) is 2.80. The molecule has 2 aromatic rings. The Hall–Kier alpha value is -1.18. The number of nitrogens with one attached hydrogen (secondary N) is 2. The minimum absolute atomic E-state index is 0.00484. The van der Waals surface area contributed by atoms with Gasteiger partial charge >= 0.3 is 0 Å². The van der Waals surface area contributed by atoms with Crippen molar-refractivity contribution in [2.24, 2.45) is 0 Å². The van der Waals surface area contributed by atoms with Crippen LogP contribution in [0.25, 0.3) is 0 Å². The van der Waals surface area contributed by atoms with E-state index >= 15 is 0 Å². The van der Waals surface area contributed by atoms with Crippen LogP contribution in [0.1, 0.15) is 81.5 Å². The monoisotopic (exact) mass is 580 g/mol. The maximum atomic E-state index is 12.9. The highest BCUT2D eigenvalue weighted by molar-refractivity contribution is 7.92. The largest absolute Gasteiger partial charge is 0.352 e. The first-order valence-electron chi connectivity index (χ1n) is 11.9. The fourth-order valence-electron chi connectivity index (χ4n) is 3.60. The molecule has 0 radical (unpaired) electrons. The number of hydrogen-bond acceptors (Lipinski definition) is 3. The molecule has 0 heterocycles. The summed E-state index contributed by atoms with van der Waals surface area (Å²) in [6, 6.07) is 6.66. The molecule has 194 valence electrons. The van der Waals surface area contributed by atoms with Crippen LogP contribution in [0.4, 0.5) is 5.69 Å². The van der Waals surface area contributed by atoms with E-state index in [1.54, 1.807) is 0 Å². The summed E-state index contributed by atoms with van der Waals surface area (Å²) < 4.78 is 28.2. The summed E-state index contributed by atoms with van der Waals surface area (Å²) in [6.45, 7) is 2.69. The standard InChI is InChI=1S/C25H32Cl4N2O3S/c1-2-3-4-5-6-7-8-9-10-11-14-30-25(32)20-15-18(26)16-23(29)24(20)31-35(33,34)19-12-13-21(27)22(28)17-19/h12-13,15-17,31H,2-11,14H2,1H3,(H,30,32). The van der Waals surface area contributed by atoms with Crippen LogP contribution in [0, 0.1) is 0 Å². The van der Waals surface area contributed by atoms with Crippen LogP contribution < -0.4 is 10.0 Å². The molecule has 0 unspecified atom stereocenters. The van der Waals surface area contributed by atoms with E-state index in [1.165, 1.54) is 75.3 Å². The molecule has 0 aliphatic rings. The molecule has 2 aromatic carbocycles. The van der Waals surface area contributed by atoms with Crippen molar-refractivity contribution in [1.29, 1.82) is 0 Å². The Morgan fingerprint density at radius 1 is 0.771 bits per heavy atom. The lowest BCUT2D eigenvalue weighted by Crippen LogP contribution is -2.26. The Labute approximate surface area is 228 Å². The van der Waals surface area contributed by atoms with E-state index < -0.39 is 15.9 Å². The predicted octanol–water partition coefficient (Wildman–Crippen LogP) is 8.75. The number of carbonyl (C=O) groups is 1. The molecule has 0 saturated carbocycles. The molecule has 10 heteroatoms. The van der Waals surface area contributed by atoms with Gasteiger partial charge in [-0.25, -0.2) is 8.42 Å². The predicted molar refractivity (Wildman–Crippen MR) is 148 cm³/mol. The quantitative estimate of drug-likeness (QED) is 0.206. The van der Waals surface area contributed by atoms with Crippen LogP contribution in [0.15, 0.2) is 35.2 Å². The van der Waals surface area contributed by atoms with E-state index in [1.807, 2.05) is 0 Å². The lowest BCUT2D eigenvalue weighted by Gasteiger charge is -2.15. The van der Waals surface area contributed by atoms with E-state index in [0.29, 0.717) is 6.54 Å². The molecule has 0 aliphatic carbocycles. The van der Waals surface area contributed by atoms with Crippen molar-refractivity contribution in [1.82, 2.24) is 5.32 Å². The van der Waals surface area contributed by atoms with Crippen LogP contribution in [-0.4, -0.2) is 20.9 Å². The second kappa shape index (κ2) is 15.2. The number of hydrogen-bond donors (Lipinski definition) is 2. The first-order chi connectivity index (χ1) is 16.7. The summed E-state index contributed by atoms with van der Waals surface area (Å²) in [6.07, 6.45) is 11.9. The molecule has 0 spiro atoms. The van der Waals surface area contributed by atoms with Gasteiger partial charge in [-0.3, -0.25) is 9.52 Å². The van der Waals surface area contributed by atoms with Crippen LogP contribution in [0.3, 0.4) is 0 Å². The maximum Gasteiger partial charge on any atom is 0.262 e. The highest BCUT2D eigenvalue weighted by Gasteiger charge is 2.22. The molecule has 0 fully saturated rings. The Kier molecular flexibility index (Phi) is 13.0. The Bertz CT molecular complexity index is 1090. The van der Waals surface area contributed by atoms with E-state index in [-0.39, 0.29) is 36.2 Å². The van der Waals surface area contributed by atoms with Gasteiger partial charge in [-0.15, -0.1) is 0 Å². The summed E-state index contributed by atoms with van der Waals surface area (Å²) in [7, 11) is -4.09. The Balaban J connectivity index is 1.94. The fraction of sp³-hybridized carbons (Fsp3) is 0.480.